The van der Waals surface area contributed by atoms with Crippen LogP contribution in [0.3, 0.4) is 0 Å². The van der Waals surface area contributed by atoms with Gasteiger partial charge in [-0.1, -0.05) is 26.0 Å². The second kappa shape index (κ2) is 10.6. The van der Waals surface area contributed by atoms with Crippen LogP contribution in [-0.2, 0) is 20.9 Å². The molecule has 0 saturated heterocycles. The Hall–Kier alpha value is -2.48. The molecule has 1 aromatic carbocycles. The Labute approximate surface area is 159 Å². The molecule has 3 atom stereocenters. The van der Waals surface area contributed by atoms with Gasteiger partial charge in [-0.3, -0.25) is 14.4 Å². The number of nitrogens with two attached hydrogens (primary N) is 1. The summed E-state index contributed by atoms with van der Waals surface area (Å²) in [5.41, 5.74) is 6.53. The van der Waals surface area contributed by atoms with E-state index in [1.807, 2.05) is 13.8 Å². The van der Waals surface area contributed by atoms with E-state index in [4.69, 9.17) is 5.73 Å². The van der Waals surface area contributed by atoms with E-state index < -0.39 is 29.9 Å². The van der Waals surface area contributed by atoms with Crippen LogP contribution in [0.15, 0.2) is 24.3 Å². The van der Waals surface area contributed by atoms with Crippen LogP contribution in [0.4, 0.5) is 4.39 Å². The third-order valence-electron chi connectivity index (χ3n) is 3.95. The normalized spacial score (nSPS) is 14.2. The van der Waals surface area contributed by atoms with Gasteiger partial charge in [0.1, 0.15) is 17.9 Å². The molecular formula is C19H29FN4O3. The minimum absolute atomic E-state index is 0.218. The minimum Gasteiger partial charge on any atom is -0.350 e. The summed E-state index contributed by atoms with van der Waals surface area (Å²) in [4.78, 5) is 36.2. The summed E-state index contributed by atoms with van der Waals surface area (Å²) < 4.78 is 12.9. The highest BCUT2D eigenvalue weighted by Crippen LogP contribution is 2.03. The molecule has 0 fully saturated rings. The van der Waals surface area contributed by atoms with Crippen molar-refractivity contribution in [1.82, 2.24) is 16.0 Å². The number of benzene rings is 1. The maximum Gasteiger partial charge on any atom is 0.242 e. The highest BCUT2D eigenvalue weighted by atomic mass is 19.1. The monoisotopic (exact) mass is 380 g/mol. The van der Waals surface area contributed by atoms with Gasteiger partial charge >= 0.3 is 0 Å². The van der Waals surface area contributed by atoms with Crippen LogP contribution in [0, 0.1) is 11.7 Å². The fourth-order valence-corrected chi connectivity index (χ4v) is 2.35. The quantitative estimate of drug-likeness (QED) is 0.508. The van der Waals surface area contributed by atoms with Crippen molar-refractivity contribution in [1.29, 1.82) is 0 Å². The van der Waals surface area contributed by atoms with E-state index in [0.29, 0.717) is 6.42 Å². The lowest BCUT2D eigenvalue weighted by Crippen LogP contribution is -2.54. The van der Waals surface area contributed by atoms with E-state index in [0.717, 1.165) is 5.56 Å². The second-order valence-electron chi connectivity index (χ2n) is 7.04. The summed E-state index contributed by atoms with van der Waals surface area (Å²) in [7, 11) is 0. The average Bonchev–Trinajstić information content (AvgIpc) is 2.60. The molecule has 0 heterocycles. The molecule has 0 aromatic heterocycles. The highest BCUT2D eigenvalue weighted by molar-refractivity contribution is 5.92. The molecule has 0 aliphatic rings. The van der Waals surface area contributed by atoms with E-state index in [9.17, 15) is 18.8 Å². The number of amides is 3. The highest BCUT2D eigenvalue weighted by Gasteiger charge is 2.23. The van der Waals surface area contributed by atoms with Crippen LogP contribution < -0.4 is 21.7 Å². The lowest BCUT2D eigenvalue weighted by Gasteiger charge is -2.20. The van der Waals surface area contributed by atoms with Gasteiger partial charge in [0, 0.05) is 6.54 Å². The lowest BCUT2D eigenvalue weighted by atomic mass is 10.0. The van der Waals surface area contributed by atoms with Crippen molar-refractivity contribution in [2.75, 3.05) is 0 Å². The van der Waals surface area contributed by atoms with Gasteiger partial charge in [0.05, 0.1) is 6.04 Å². The zero-order chi connectivity index (χ0) is 20.6. The first-order valence-electron chi connectivity index (χ1n) is 8.98. The number of halogens is 1. The zero-order valence-electron chi connectivity index (χ0n) is 16.2. The van der Waals surface area contributed by atoms with Crippen molar-refractivity contribution in [3.8, 4) is 0 Å². The molecule has 7 nitrogen and oxygen atoms in total. The predicted molar refractivity (Wildman–Crippen MR) is 101 cm³/mol. The molecule has 0 saturated carbocycles. The number of carbonyl (C=O) groups excluding carboxylic acids is 3. The van der Waals surface area contributed by atoms with Crippen LogP contribution in [-0.4, -0.2) is 35.8 Å². The van der Waals surface area contributed by atoms with Gasteiger partial charge < -0.3 is 21.7 Å². The average molecular weight is 380 g/mol. The molecule has 0 bridgehead atoms. The molecule has 0 unspecified atom stereocenters. The second-order valence-corrected chi connectivity index (χ2v) is 7.04. The van der Waals surface area contributed by atoms with Crippen molar-refractivity contribution in [2.45, 2.75) is 58.8 Å². The maximum absolute atomic E-state index is 12.9. The summed E-state index contributed by atoms with van der Waals surface area (Å²) in [6, 6.07) is 3.46. The summed E-state index contributed by atoms with van der Waals surface area (Å²) in [5, 5.41) is 7.75. The maximum atomic E-state index is 12.9. The standard InChI is InChI=1S/C19H29FN4O3/c1-11(2)9-16(21)19(27)24-13(4)18(26)23-12(3)17(25)22-10-14-5-7-15(20)8-6-14/h5-8,11-13,16H,9-10,21H2,1-4H3,(H,22,25)(H,23,26)(H,24,27)/t12-,13-,16+/m0/s1. The first-order valence-corrected chi connectivity index (χ1v) is 8.98. The molecule has 8 heteroatoms. The third kappa shape index (κ3) is 8.17. The SMILES string of the molecule is CC(C)C[C@@H](N)C(=O)N[C@@H](C)C(=O)N[C@@H](C)C(=O)NCc1ccc(F)cc1. The zero-order valence-corrected chi connectivity index (χ0v) is 16.2. The third-order valence-corrected chi connectivity index (χ3v) is 3.95. The number of hydrogen-bond donors (Lipinski definition) is 4. The topological polar surface area (TPSA) is 113 Å². The largest absolute Gasteiger partial charge is 0.350 e. The fourth-order valence-electron chi connectivity index (χ4n) is 2.35. The lowest BCUT2D eigenvalue weighted by molar-refractivity contribution is -0.131. The minimum atomic E-state index is -0.817. The Morgan fingerprint density at radius 2 is 1.44 bits per heavy atom. The van der Waals surface area contributed by atoms with E-state index in [1.54, 1.807) is 12.1 Å². The van der Waals surface area contributed by atoms with E-state index in [1.165, 1.54) is 26.0 Å². The Kier molecular flexibility index (Phi) is 8.87. The molecular weight excluding hydrogens is 351 g/mol. The van der Waals surface area contributed by atoms with Crippen molar-refractivity contribution in [2.24, 2.45) is 11.7 Å². The van der Waals surface area contributed by atoms with Gasteiger partial charge in [-0.25, -0.2) is 4.39 Å². The van der Waals surface area contributed by atoms with Crippen LogP contribution in [0.2, 0.25) is 0 Å². The summed E-state index contributed by atoms with van der Waals surface area (Å²) in [6.07, 6.45) is 0.516. The van der Waals surface area contributed by atoms with Gasteiger partial charge in [0.25, 0.3) is 0 Å². The molecule has 0 radical (unpaired) electrons. The first kappa shape index (κ1) is 22.6. The van der Waals surface area contributed by atoms with Gasteiger partial charge in [0.15, 0.2) is 0 Å². The molecule has 0 aliphatic heterocycles. The van der Waals surface area contributed by atoms with Crippen LogP contribution >= 0.6 is 0 Å². The van der Waals surface area contributed by atoms with E-state index in [-0.39, 0.29) is 24.2 Å². The van der Waals surface area contributed by atoms with Gasteiger partial charge in [0.2, 0.25) is 17.7 Å². The van der Waals surface area contributed by atoms with Gasteiger partial charge in [-0.2, -0.15) is 0 Å². The number of hydrogen-bond acceptors (Lipinski definition) is 4. The summed E-state index contributed by atoms with van der Waals surface area (Å²) >= 11 is 0. The summed E-state index contributed by atoms with van der Waals surface area (Å²) in [6.45, 7) is 7.19. The number of rotatable bonds is 9. The van der Waals surface area contributed by atoms with Crippen LogP contribution in [0.1, 0.15) is 39.7 Å². The van der Waals surface area contributed by atoms with E-state index >= 15 is 0 Å². The molecule has 5 N–H and O–H groups in total. The van der Waals surface area contributed by atoms with Gasteiger partial charge in [-0.05, 0) is 43.9 Å². The molecule has 1 rings (SSSR count). The molecule has 0 spiro atoms. The van der Waals surface area contributed by atoms with Gasteiger partial charge in [-0.15, -0.1) is 0 Å². The van der Waals surface area contributed by atoms with Crippen molar-refractivity contribution in [3.05, 3.63) is 35.6 Å². The predicted octanol–water partition coefficient (Wildman–Crippen LogP) is 0.825. The van der Waals surface area contributed by atoms with Crippen LogP contribution in [0.5, 0.6) is 0 Å². The van der Waals surface area contributed by atoms with Crippen molar-refractivity contribution < 1.29 is 18.8 Å². The Bertz CT molecular complexity index is 649. The summed E-state index contributed by atoms with van der Waals surface area (Å²) in [5.74, 6) is -1.36. The van der Waals surface area contributed by atoms with Crippen molar-refractivity contribution >= 4 is 17.7 Å². The molecule has 150 valence electrons. The fraction of sp³-hybridized carbons (Fsp3) is 0.526. The first-order chi connectivity index (χ1) is 12.6. The Morgan fingerprint density at radius 1 is 0.926 bits per heavy atom. The Morgan fingerprint density at radius 3 is 2.00 bits per heavy atom. The van der Waals surface area contributed by atoms with E-state index in [2.05, 4.69) is 16.0 Å². The number of nitrogens with one attached hydrogen (secondary N) is 3. The van der Waals surface area contributed by atoms with Crippen molar-refractivity contribution in [3.63, 3.8) is 0 Å². The number of carbonyl (C=O) groups is 3. The van der Waals surface area contributed by atoms with Crippen LogP contribution in [0.25, 0.3) is 0 Å². The molecule has 27 heavy (non-hydrogen) atoms. The Balaban J connectivity index is 2.43. The molecule has 3 amide bonds. The molecule has 0 aliphatic carbocycles. The molecule has 1 aromatic rings. The smallest absolute Gasteiger partial charge is 0.242 e.